The summed E-state index contributed by atoms with van der Waals surface area (Å²) in [6, 6.07) is 8.67. The number of nitrogens with zero attached hydrogens (tertiary/aromatic N) is 1. The third-order valence-corrected chi connectivity index (χ3v) is 2.85. The number of pyridine rings is 1. The summed E-state index contributed by atoms with van der Waals surface area (Å²) in [6.07, 6.45) is 0. The van der Waals surface area contributed by atoms with Gasteiger partial charge < -0.3 is 15.6 Å². The first kappa shape index (κ1) is 14.0. The van der Waals surface area contributed by atoms with Crippen molar-refractivity contribution >= 4 is 5.91 Å². The Morgan fingerprint density at radius 1 is 1.35 bits per heavy atom. The molecule has 104 valence electrons. The predicted octanol–water partition coefficient (Wildman–Crippen LogP) is 2.08. The molecule has 1 aromatic carbocycles. The summed E-state index contributed by atoms with van der Waals surface area (Å²) in [7, 11) is 0. The fourth-order valence-corrected chi connectivity index (χ4v) is 2.01. The highest BCUT2D eigenvalue weighted by molar-refractivity contribution is 5.96. The zero-order chi connectivity index (χ0) is 14.7. The van der Waals surface area contributed by atoms with Crippen LogP contribution in [-0.2, 0) is 6.61 Å². The lowest BCUT2D eigenvalue weighted by Gasteiger charge is -2.12. The van der Waals surface area contributed by atoms with Gasteiger partial charge in [-0.15, -0.1) is 0 Å². The average Bonchev–Trinajstić information content (AvgIpc) is 2.37. The number of aryl methyl sites for hydroxylation is 2. The van der Waals surface area contributed by atoms with Gasteiger partial charge in [-0.25, -0.2) is 0 Å². The zero-order valence-corrected chi connectivity index (χ0v) is 11.4. The zero-order valence-electron chi connectivity index (χ0n) is 11.4. The normalized spacial score (nSPS) is 10.3. The summed E-state index contributed by atoms with van der Waals surface area (Å²) >= 11 is 0. The molecule has 1 amide bonds. The van der Waals surface area contributed by atoms with E-state index in [4.69, 9.17) is 15.6 Å². The Hall–Kier alpha value is -2.40. The van der Waals surface area contributed by atoms with Gasteiger partial charge in [-0.2, -0.15) is 0 Å². The van der Waals surface area contributed by atoms with Crippen molar-refractivity contribution in [1.29, 1.82) is 0 Å². The standard InChI is InChI=1S/C15H16N2O3/c1-9-6-13(14(15(16)19)10(2)17-9)20-12-5-3-4-11(7-12)8-18/h3-7,18H,8H2,1-2H3,(H2,16,19). The second-order valence-electron chi connectivity index (χ2n) is 4.49. The second kappa shape index (κ2) is 5.71. The van der Waals surface area contributed by atoms with Gasteiger partial charge in [-0.05, 0) is 31.5 Å². The van der Waals surface area contributed by atoms with Crippen LogP contribution in [0.25, 0.3) is 0 Å². The van der Waals surface area contributed by atoms with Crippen molar-refractivity contribution in [2.75, 3.05) is 0 Å². The van der Waals surface area contributed by atoms with E-state index < -0.39 is 5.91 Å². The molecule has 0 fully saturated rings. The minimum atomic E-state index is -0.580. The van der Waals surface area contributed by atoms with Crippen LogP contribution in [0.4, 0.5) is 0 Å². The SMILES string of the molecule is Cc1cc(Oc2cccc(CO)c2)c(C(N)=O)c(C)n1. The number of aliphatic hydroxyl groups excluding tert-OH is 1. The van der Waals surface area contributed by atoms with Crippen molar-refractivity contribution in [3.05, 3.63) is 52.8 Å². The molecule has 0 saturated heterocycles. The van der Waals surface area contributed by atoms with E-state index in [2.05, 4.69) is 4.98 Å². The number of hydrogen-bond donors (Lipinski definition) is 2. The van der Waals surface area contributed by atoms with Gasteiger partial charge in [0.1, 0.15) is 17.1 Å². The Bertz CT molecular complexity index is 654. The van der Waals surface area contributed by atoms with E-state index in [1.165, 1.54) is 0 Å². The van der Waals surface area contributed by atoms with Gasteiger partial charge in [-0.3, -0.25) is 9.78 Å². The summed E-state index contributed by atoms with van der Waals surface area (Å²) in [4.78, 5) is 15.7. The molecule has 0 atom stereocenters. The van der Waals surface area contributed by atoms with Crippen molar-refractivity contribution in [3.8, 4) is 11.5 Å². The van der Waals surface area contributed by atoms with Crippen LogP contribution >= 0.6 is 0 Å². The highest BCUT2D eigenvalue weighted by atomic mass is 16.5. The number of aromatic nitrogens is 1. The van der Waals surface area contributed by atoms with Gasteiger partial charge in [-0.1, -0.05) is 12.1 Å². The first-order valence-corrected chi connectivity index (χ1v) is 6.17. The first-order valence-electron chi connectivity index (χ1n) is 6.17. The van der Waals surface area contributed by atoms with E-state index in [1.54, 1.807) is 37.3 Å². The van der Waals surface area contributed by atoms with E-state index >= 15 is 0 Å². The minimum absolute atomic E-state index is 0.0751. The maximum Gasteiger partial charge on any atom is 0.254 e. The van der Waals surface area contributed by atoms with Gasteiger partial charge in [0.05, 0.1) is 12.3 Å². The van der Waals surface area contributed by atoms with Gasteiger partial charge in [0.25, 0.3) is 5.91 Å². The number of hydrogen-bond acceptors (Lipinski definition) is 4. The quantitative estimate of drug-likeness (QED) is 0.892. The van der Waals surface area contributed by atoms with Crippen molar-refractivity contribution < 1.29 is 14.6 Å². The topological polar surface area (TPSA) is 85.4 Å². The summed E-state index contributed by atoms with van der Waals surface area (Å²) in [5.41, 5.74) is 7.64. The Morgan fingerprint density at radius 2 is 2.10 bits per heavy atom. The van der Waals surface area contributed by atoms with Crippen LogP contribution in [0.15, 0.2) is 30.3 Å². The molecule has 0 saturated carbocycles. The van der Waals surface area contributed by atoms with E-state index in [-0.39, 0.29) is 12.2 Å². The number of nitrogens with two attached hydrogens (primary N) is 1. The summed E-state index contributed by atoms with van der Waals surface area (Å²) in [5.74, 6) is 0.324. The smallest absolute Gasteiger partial charge is 0.254 e. The molecule has 2 aromatic rings. The number of aliphatic hydroxyl groups is 1. The number of primary amides is 1. The van der Waals surface area contributed by atoms with Crippen molar-refractivity contribution in [1.82, 2.24) is 4.98 Å². The van der Waals surface area contributed by atoms with Gasteiger partial charge in [0, 0.05) is 11.8 Å². The van der Waals surface area contributed by atoms with Crippen LogP contribution in [0, 0.1) is 13.8 Å². The Morgan fingerprint density at radius 3 is 2.75 bits per heavy atom. The maximum absolute atomic E-state index is 11.5. The fraction of sp³-hybridized carbons (Fsp3) is 0.200. The van der Waals surface area contributed by atoms with Crippen molar-refractivity contribution in [3.63, 3.8) is 0 Å². The van der Waals surface area contributed by atoms with Crippen LogP contribution in [-0.4, -0.2) is 16.0 Å². The first-order chi connectivity index (χ1) is 9.51. The molecular weight excluding hydrogens is 256 g/mol. The Labute approximate surface area is 117 Å². The number of amides is 1. The van der Waals surface area contributed by atoms with E-state index in [9.17, 15) is 4.79 Å². The number of ether oxygens (including phenoxy) is 1. The van der Waals surface area contributed by atoms with Crippen LogP contribution in [0.5, 0.6) is 11.5 Å². The fourth-order valence-electron chi connectivity index (χ4n) is 2.01. The third-order valence-electron chi connectivity index (χ3n) is 2.85. The lowest BCUT2D eigenvalue weighted by molar-refractivity contribution is 0.0997. The maximum atomic E-state index is 11.5. The van der Waals surface area contributed by atoms with Crippen LogP contribution in [0.2, 0.25) is 0 Å². The Kier molecular flexibility index (Phi) is 4.00. The van der Waals surface area contributed by atoms with E-state index in [1.807, 2.05) is 6.92 Å². The summed E-state index contributed by atoms with van der Waals surface area (Å²) in [6.45, 7) is 3.45. The van der Waals surface area contributed by atoms with Gasteiger partial charge >= 0.3 is 0 Å². The number of carbonyl (C=O) groups excluding carboxylic acids is 1. The monoisotopic (exact) mass is 272 g/mol. The molecule has 0 aliphatic heterocycles. The molecule has 20 heavy (non-hydrogen) atoms. The molecule has 1 aromatic heterocycles. The van der Waals surface area contributed by atoms with Crippen LogP contribution in [0.1, 0.15) is 27.3 Å². The molecule has 0 bridgehead atoms. The minimum Gasteiger partial charge on any atom is -0.456 e. The number of carbonyl (C=O) groups is 1. The molecule has 0 spiro atoms. The van der Waals surface area contributed by atoms with Crippen LogP contribution in [0.3, 0.4) is 0 Å². The Balaban J connectivity index is 2.44. The average molecular weight is 272 g/mol. The number of rotatable bonds is 4. The van der Waals surface area contributed by atoms with E-state index in [0.29, 0.717) is 17.2 Å². The summed E-state index contributed by atoms with van der Waals surface area (Å²) < 4.78 is 5.72. The largest absolute Gasteiger partial charge is 0.456 e. The van der Waals surface area contributed by atoms with E-state index in [0.717, 1.165) is 11.3 Å². The molecule has 5 heteroatoms. The van der Waals surface area contributed by atoms with Crippen molar-refractivity contribution in [2.45, 2.75) is 20.5 Å². The van der Waals surface area contributed by atoms with Crippen molar-refractivity contribution in [2.24, 2.45) is 5.73 Å². The second-order valence-corrected chi connectivity index (χ2v) is 4.49. The van der Waals surface area contributed by atoms with Gasteiger partial charge in [0.2, 0.25) is 0 Å². The highest BCUT2D eigenvalue weighted by Gasteiger charge is 2.15. The molecule has 0 unspecified atom stereocenters. The summed E-state index contributed by atoms with van der Waals surface area (Å²) in [5, 5.41) is 9.12. The van der Waals surface area contributed by atoms with Gasteiger partial charge in [0.15, 0.2) is 0 Å². The molecule has 3 N–H and O–H groups in total. The lowest BCUT2D eigenvalue weighted by Crippen LogP contribution is -2.15. The highest BCUT2D eigenvalue weighted by Crippen LogP contribution is 2.28. The predicted molar refractivity (Wildman–Crippen MR) is 74.7 cm³/mol. The molecule has 2 rings (SSSR count). The number of benzene rings is 1. The molecule has 1 heterocycles. The molecule has 0 radical (unpaired) electrons. The molecular formula is C15H16N2O3. The molecule has 5 nitrogen and oxygen atoms in total. The van der Waals surface area contributed by atoms with Crippen LogP contribution < -0.4 is 10.5 Å². The molecule has 0 aliphatic rings. The molecule has 0 aliphatic carbocycles. The third kappa shape index (κ3) is 2.95. The lowest BCUT2D eigenvalue weighted by atomic mass is 10.1.